The summed E-state index contributed by atoms with van der Waals surface area (Å²) in [6.45, 7) is 10.7. The smallest absolute Gasteiger partial charge is 0.254 e. The van der Waals surface area contributed by atoms with Crippen molar-refractivity contribution in [2.45, 2.75) is 52.5 Å². The number of nitrogens with zero attached hydrogens (tertiary/aromatic N) is 5. The van der Waals surface area contributed by atoms with Crippen molar-refractivity contribution >= 4 is 11.7 Å². The van der Waals surface area contributed by atoms with Gasteiger partial charge in [0.1, 0.15) is 5.82 Å². The van der Waals surface area contributed by atoms with Gasteiger partial charge in [0.25, 0.3) is 5.91 Å². The van der Waals surface area contributed by atoms with Crippen molar-refractivity contribution in [1.29, 1.82) is 0 Å². The van der Waals surface area contributed by atoms with Crippen molar-refractivity contribution in [1.82, 2.24) is 19.8 Å². The summed E-state index contributed by atoms with van der Waals surface area (Å²) < 4.78 is 0. The Bertz CT molecular complexity index is 1190. The standard InChI is InChI=1S/C31H39N5O/c1-3-5-7-10-24-13-15-26(16-14-24)31(37)36-18-17-28-27(23-36)30(35-21-19-34(4-2)20-22-35)33-29(32-28)25-11-8-6-9-12-25/h6,8-9,11-16H,3-5,7,10,17-23H2,1-2H3. The molecule has 0 bridgehead atoms. The number of unbranched alkanes of at least 4 members (excludes halogenated alkanes) is 2. The number of amides is 1. The maximum atomic E-state index is 13.5. The Morgan fingerprint density at radius 2 is 1.62 bits per heavy atom. The van der Waals surface area contributed by atoms with Crippen molar-refractivity contribution < 1.29 is 4.79 Å². The molecule has 0 unspecified atom stereocenters. The molecule has 1 aromatic heterocycles. The van der Waals surface area contributed by atoms with Crippen LogP contribution in [0.25, 0.3) is 11.4 Å². The summed E-state index contributed by atoms with van der Waals surface area (Å²) in [7, 11) is 0. The number of rotatable bonds is 8. The molecule has 0 saturated carbocycles. The minimum absolute atomic E-state index is 0.0969. The number of hydrogen-bond acceptors (Lipinski definition) is 5. The average Bonchev–Trinajstić information content (AvgIpc) is 2.97. The predicted molar refractivity (Wildman–Crippen MR) is 150 cm³/mol. The minimum Gasteiger partial charge on any atom is -0.354 e. The number of likely N-dealkylation sites (N-methyl/N-ethyl adjacent to an activating group) is 1. The zero-order valence-corrected chi connectivity index (χ0v) is 22.3. The van der Waals surface area contributed by atoms with Crippen molar-refractivity contribution in [3.63, 3.8) is 0 Å². The summed E-state index contributed by atoms with van der Waals surface area (Å²) in [6, 6.07) is 18.5. The van der Waals surface area contributed by atoms with E-state index in [1.54, 1.807) is 0 Å². The first-order chi connectivity index (χ1) is 18.2. The van der Waals surface area contributed by atoms with Gasteiger partial charge < -0.3 is 14.7 Å². The molecule has 3 aromatic rings. The van der Waals surface area contributed by atoms with Crippen molar-refractivity contribution in [3.8, 4) is 11.4 Å². The second-order valence-corrected chi connectivity index (χ2v) is 10.2. The number of aryl methyl sites for hydroxylation is 1. The molecule has 1 saturated heterocycles. The van der Waals surface area contributed by atoms with Crippen molar-refractivity contribution in [2.75, 3.05) is 44.2 Å². The lowest BCUT2D eigenvalue weighted by atomic mass is 10.0. The van der Waals surface area contributed by atoms with Crippen LogP contribution in [0.3, 0.4) is 0 Å². The number of piperazine rings is 1. The van der Waals surface area contributed by atoms with Crippen LogP contribution in [0, 0.1) is 0 Å². The second kappa shape index (κ2) is 11.9. The fourth-order valence-electron chi connectivity index (χ4n) is 5.40. The van der Waals surface area contributed by atoms with Gasteiger partial charge in [0.05, 0.1) is 12.2 Å². The van der Waals surface area contributed by atoms with E-state index in [1.807, 2.05) is 35.2 Å². The first-order valence-electron chi connectivity index (χ1n) is 14.0. The van der Waals surface area contributed by atoms with Crippen LogP contribution in [0.2, 0.25) is 0 Å². The Morgan fingerprint density at radius 3 is 2.32 bits per heavy atom. The maximum Gasteiger partial charge on any atom is 0.254 e. The molecular weight excluding hydrogens is 458 g/mol. The van der Waals surface area contributed by atoms with Gasteiger partial charge in [0, 0.05) is 55.8 Å². The third kappa shape index (κ3) is 5.85. The van der Waals surface area contributed by atoms with E-state index in [4.69, 9.17) is 9.97 Å². The van der Waals surface area contributed by atoms with Gasteiger partial charge >= 0.3 is 0 Å². The Kier molecular flexibility index (Phi) is 8.15. The zero-order valence-electron chi connectivity index (χ0n) is 22.3. The van der Waals surface area contributed by atoms with E-state index in [1.165, 1.54) is 24.8 Å². The van der Waals surface area contributed by atoms with E-state index in [0.717, 1.165) is 79.6 Å². The molecule has 0 aliphatic carbocycles. The highest BCUT2D eigenvalue weighted by Gasteiger charge is 2.29. The molecule has 37 heavy (non-hydrogen) atoms. The van der Waals surface area contributed by atoms with Gasteiger partial charge in [-0.25, -0.2) is 9.97 Å². The molecule has 0 radical (unpaired) electrons. The Balaban J connectivity index is 1.39. The van der Waals surface area contributed by atoms with E-state index in [-0.39, 0.29) is 5.91 Å². The first kappa shape index (κ1) is 25.4. The van der Waals surface area contributed by atoms with Crippen molar-refractivity contribution in [3.05, 3.63) is 77.0 Å². The molecule has 194 valence electrons. The summed E-state index contributed by atoms with van der Waals surface area (Å²) in [6.07, 6.45) is 5.50. The van der Waals surface area contributed by atoms with Gasteiger partial charge in [-0.15, -0.1) is 0 Å². The molecule has 0 N–H and O–H groups in total. The molecule has 2 aliphatic heterocycles. The predicted octanol–water partition coefficient (Wildman–Crippen LogP) is 5.22. The molecule has 0 atom stereocenters. The highest BCUT2D eigenvalue weighted by atomic mass is 16.2. The summed E-state index contributed by atoms with van der Waals surface area (Å²) in [5, 5.41) is 0. The van der Waals surface area contributed by atoms with Crippen LogP contribution in [0.4, 0.5) is 5.82 Å². The van der Waals surface area contributed by atoms with E-state index in [9.17, 15) is 4.79 Å². The van der Waals surface area contributed by atoms with Crippen LogP contribution in [-0.2, 0) is 19.4 Å². The van der Waals surface area contributed by atoms with Crippen LogP contribution < -0.4 is 4.90 Å². The summed E-state index contributed by atoms with van der Waals surface area (Å²) in [4.78, 5) is 30.5. The monoisotopic (exact) mass is 497 g/mol. The van der Waals surface area contributed by atoms with Gasteiger partial charge in [-0.1, -0.05) is 69.2 Å². The Morgan fingerprint density at radius 1 is 0.865 bits per heavy atom. The quantitative estimate of drug-likeness (QED) is 0.400. The highest BCUT2D eigenvalue weighted by Crippen LogP contribution is 2.31. The molecule has 5 rings (SSSR count). The topological polar surface area (TPSA) is 52.6 Å². The first-order valence-corrected chi connectivity index (χ1v) is 14.0. The number of fused-ring (bicyclic) bond motifs is 1. The fraction of sp³-hybridized carbons (Fsp3) is 0.452. The largest absolute Gasteiger partial charge is 0.354 e. The lowest BCUT2D eigenvalue weighted by Gasteiger charge is -2.38. The maximum absolute atomic E-state index is 13.5. The molecule has 1 fully saturated rings. The van der Waals surface area contributed by atoms with Gasteiger partial charge in [-0.05, 0) is 37.1 Å². The Labute approximate surface area is 221 Å². The molecule has 6 nitrogen and oxygen atoms in total. The van der Waals surface area contributed by atoms with E-state index >= 15 is 0 Å². The number of aromatic nitrogens is 2. The molecule has 3 heterocycles. The van der Waals surface area contributed by atoms with Crippen molar-refractivity contribution in [2.24, 2.45) is 0 Å². The Hall–Kier alpha value is -3.25. The van der Waals surface area contributed by atoms with E-state index < -0.39 is 0 Å². The van der Waals surface area contributed by atoms with Crippen LogP contribution >= 0.6 is 0 Å². The molecule has 1 amide bonds. The summed E-state index contributed by atoms with van der Waals surface area (Å²) in [5.41, 5.74) is 5.31. The second-order valence-electron chi connectivity index (χ2n) is 10.2. The molecule has 2 aliphatic rings. The van der Waals surface area contributed by atoms with E-state index in [0.29, 0.717) is 13.1 Å². The van der Waals surface area contributed by atoms with Crippen LogP contribution in [0.5, 0.6) is 0 Å². The molecule has 0 spiro atoms. The van der Waals surface area contributed by atoms with E-state index in [2.05, 4.69) is 47.9 Å². The lowest BCUT2D eigenvalue weighted by molar-refractivity contribution is 0.0733. The molecule has 6 heteroatoms. The third-order valence-corrected chi connectivity index (χ3v) is 7.75. The summed E-state index contributed by atoms with van der Waals surface area (Å²) >= 11 is 0. The third-order valence-electron chi connectivity index (χ3n) is 7.75. The van der Waals surface area contributed by atoms with Crippen LogP contribution in [-0.4, -0.2) is 64.9 Å². The number of carbonyl (C=O) groups is 1. The van der Waals surface area contributed by atoms with Gasteiger partial charge in [0.15, 0.2) is 5.82 Å². The summed E-state index contributed by atoms with van der Waals surface area (Å²) in [5.74, 6) is 1.88. The molecule has 2 aromatic carbocycles. The zero-order chi connectivity index (χ0) is 25.6. The normalized spacial score (nSPS) is 16.1. The highest BCUT2D eigenvalue weighted by molar-refractivity contribution is 5.94. The van der Waals surface area contributed by atoms with Gasteiger partial charge in [0.2, 0.25) is 0 Å². The van der Waals surface area contributed by atoms with Gasteiger partial charge in [-0.2, -0.15) is 0 Å². The SMILES string of the molecule is CCCCCc1ccc(C(=O)N2CCc3nc(-c4ccccc4)nc(N4CCN(CC)CC4)c3C2)cc1. The fourth-order valence-corrected chi connectivity index (χ4v) is 5.40. The average molecular weight is 498 g/mol. The minimum atomic E-state index is 0.0969. The van der Waals surface area contributed by atoms with Crippen LogP contribution in [0.1, 0.15) is 60.3 Å². The number of benzene rings is 2. The molecular formula is C31H39N5O. The van der Waals surface area contributed by atoms with Crippen LogP contribution in [0.15, 0.2) is 54.6 Å². The lowest BCUT2D eigenvalue weighted by Crippen LogP contribution is -2.47. The number of carbonyl (C=O) groups excluding carboxylic acids is 1. The number of hydrogen-bond donors (Lipinski definition) is 0. The van der Waals surface area contributed by atoms with Gasteiger partial charge in [-0.3, -0.25) is 4.79 Å². The number of anilines is 1.